The van der Waals surface area contributed by atoms with Crippen LogP contribution in [0.4, 0.5) is 0 Å². The summed E-state index contributed by atoms with van der Waals surface area (Å²) in [7, 11) is 0. The van der Waals surface area contributed by atoms with Crippen LogP contribution in [0.25, 0.3) is 0 Å². The summed E-state index contributed by atoms with van der Waals surface area (Å²) >= 11 is 1.63. The second kappa shape index (κ2) is 7.69. The minimum absolute atomic E-state index is 0.178. The van der Waals surface area contributed by atoms with Gasteiger partial charge >= 0.3 is 0 Å². The summed E-state index contributed by atoms with van der Waals surface area (Å²) in [6, 6.07) is 4.37. The van der Waals surface area contributed by atoms with Crippen LogP contribution in [-0.4, -0.2) is 28.5 Å². The molecule has 0 aliphatic carbocycles. The molecule has 0 fully saturated rings. The summed E-state index contributed by atoms with van der Waals surface area (Å²) in [5, 5.41) is 13.8. The first kappa shape index (κ1) is 14.5. The summed E-state index contributed by atoms with van der Waals surface area (Å²) in [4.78, 5) is 4.41. The van der Waals surface area contributed by atoms with E-state index in [-0.39, 0.29) is 11.9 Å². The maximum absolute atomic E-state index is 9.10. The molecule has 0 aliphatic heterocycles. The number of pyridine rings is 1. The van der Waals surface area contributed by atoms with Gasteiger partial charge in [0.05, 0.1) is 6.61 Å². The van der Waals surface area contributed by atoms with E-state index in [1.165, 1.54) is 5.56 Å². The Morgan fingerprint density at radius 2 is 2.24 bits per heavy atom. The molecule has 4 heteroatoms. The summed E-state index contributed by atoms with van der Waals surface area (Å²) in [5.74, 6) is 0. The van der Waals surface area contributed by atoms with Crippen molar-refractivity contribution in [2.75, 3.05) is 13.2 Å². The molecule has 1 aromatic rings. The Labute approximate surface area is 108 Å². The van der Waals surface area contributed by atoms with Gasteiger partial charge in [-0.15, -0.1) is 11.8 Å². The fraction of sp³-hybridized carbons (Fsp3) is 0.615. The van der Waals surface area contributed by atoms with Crippen LogP contribution in [0.3, 0.4) is 0 Å². The number of nitrogens with zero attached hydrogens (tertiary/aromatic N) is 1. The van der Waals surface area contributed by atoms with Crippen LogP contribution in [0.2, 0.25) is 0 Å². The Hall–Kier alpha value is -0.580. The van der Waals surface area contributed by atoms with Crippen molar-refractivity contribution >= 4 is 11.8 Å². The zero-order valence-electron chi connectivity index (χ0n) is 10.8. The van der Waals surface area contributed by atoms with Gasteiger partial charge in [0.25, 0.3) is 0 Å². The predicted octanol–water partition coefficient (Wildman–Crippen LogP) is 2.62. The van der Waals surface area contributed by atoms with Crippen molar-refractivity contribution in [1.82, 2.24) is 10.3 Å². The Morgan fingerprint density at radius 1 is 1.47 bits per heavy atom. The van der Waals surface area contributed by atoms with Crippen molar-refractivity contribution in [2.45, 2.75) is 43.5 Å². The number of aliphatic hydroxyl groups is 1. The highest BCUT2D eigenvalue weighted by Gasteiger charge is 2.13. The summed E-state index contributed by atoms with van der Waals surface area (Å²) in [6.07, 6.45) is 2.93. The maximum atomic E-state index is 9.10. The molecule has 0 saturated carbocycles. The molecule has 1 rings (SSSR count). The molecule has 0 radical (unpaired) electrons. The topological polar surface area (TPSA) is 45.2 Å². The number of nitrogens with one attached hydrogen (secondary N) is 1. The predicted molar refractivity (Wildman–Crippen MR) is 73.4 cm³/mol. The van der Waals surface area contributed by atoms with Gasteiger partial charge in [-0.2, -0.15) is 0 Å². The second-order valence-corrected chi connectivity index (χ2v) is 5.61. The number of rotatable bonds is 7. The van der Waals surface area contributed by atoms with Crippen LogP contribution < -0.4 is 5.32 Å². The molecule has 96 valence electrons. The molecule has 1 aromatic heterocycles. The zero-order chi connectivity index (χ0) is 12.7. The van der Waals surface area contributed by atoms with Gasteiger partial charge < -0.3 is 10.4 Å². The third kappa shape index (κ3) is 4.66. The van der Waals surface area contributed by atoms with Gasteiger partial charge in [0.2, 0.25) is 0 Å². The van der Waals surface area contributed by atoms with Crippen molar-refractivity contribution in [2.24, 2.45) is 0 Å². The molecule has 2 N–H and O–H groups in total. The van der Waals surface area contributed by atoms with Crippen LogP contribution in [0.1, 0.15) is 38.8 Å². The number of aliphatic hydroxyl groups excluding tert-OH is 1. The number of hydrogen-bond acceptors (Lipinski definition) is 4. The van der Waals surface area contributed by atoms with E-state index in [0.29, 0.717) is 6.04 Å². The van der Waals surface area contributed by atoms with E-state index in [0.717, 1.165) is 18.0 Å². The Morgan fingerprint density at radius 3 is 2.88 bits per heavy atom. The summed E-state index contributed by atoms with van der Waals surface area (Å²) < 4.78 is 0. The highest BCUT2D eigenvalue weighted by atomic mass is 32.2. The van der Waals surface area contributed by atoms with Gasteiger partial charge in [0.15, 0.2) is 0 Å². The molecule has 2 atom stereocenters. The van der Waals surface area contributed by atoms with E-state index >= 15 is 0 Å². The highest BCUT2D eigenvalue weighted by molar-refractivity contribution is 7.99. The Kier molecular flexibility index (Phi) is 6.55. The third-order valence-corrected chi connectivity index (χ3v) is 3.65. The van der Waals surface area contributed by atoms with Crippen molar-refractivity contribution in [1.29, 1.82) is 0 Å². The van der Waals surface area contributed by atoms with E-state index in [1.807, 2.05) is 19.2 Å². The Bertz CT molecular complexity index is 333. The van der Waals surface area contributed by atoms with Crippen molar-refractivity contribution in [3.05, 3.63) is 23.9 Å². The van der Waals surface area contributed by atoms with Gasteiger partial charge in [-0.25, -0.2) is 4.98 Å². The molecule has 0 saturated heterocycles. The van der Waals surface area contributed by atoms with Crippen molar-refractivity contribution in [3.8, 4) is 0 Å². The van der Waals surface area contributed by atoms with Gasteiger partial charge in [-0.3, -0.25) is 0 Å². The Balaban J connectivity index is 2.76. The third-order valence-electron chi connectivity index (χ3n) is 2.54. The number of hydrogen-bond donors (Lipinski definition) is 2. The first-order chi connectivity index (χ1) is 8.19. The SMILES string of the molecule is CCCNC(C)c1cccnc1SC(C)CO. The van der Waals surface area contributed by atoms with Gasteiger partial charge in [0.1, 0.15) is 5.03 Å². The summed E-state index contributed by atoms with van der Waals surface area (Å²) in [5.41, 5.74) is 1.21. The first-order valence-corrected chi connectivity index (χ1v) is 7.02. The molecule has 17 heavy (non-hydrogen) atoms. The van der Waals surface area contributed by atoms with E-state index < -0.39 is 0 Å². The van der Waals surface area contributed by atoms with E-state index in [2.05, 4.69) is 30.2 Å². The maximum Gasteiger partial charge on any atom is 0.101 e. The lowest BCUT2D eigenvalue weighted by molar-refractivity contribution is 0.300. The quantitative estimate of drug-likeness (QED) is 0.734. The lowest BCUT2D eigenvalue weighted by Crippen LogP contribution is -2.20. The molecule has 3 nitrogen and oxygen atoms in total. The van der Waals surface area contributed by atoms with Crippen LogP contribution in [0.5, 0.6) is 0 Å². The van der Waals surface area contributed by atoms with Crippen LogP contribution in [-0.2, 0) is 0 Å². The molecule has 0 amide bonds. The number of aromatic nitrogens is 1. The second-order valence-electron chi connectivity index (χ2n) is 4.18. The minimum atomic E-state index is 0.178. The molecular weight excluding hydrogens is 232 g/mol. The minimum Gasteiger partial charge on any atom is -0.395 e. The molecule has 0 bridgehead atoms. The molecular formula is C13H22N2OS. The highest BCUT2D eigenvalue weighted by Crippen LogP contribution is 2.28. The molecule has 0 aromatic carbocycles. The molecule has 1 heterocycles. The van der Waals surface area contributed by atoms with Gasteiger partial charge in [0, 0.05) is 23.1 Å². The van der Waals surface area contributed by atoms with Gasteiger partial charge in [-0.05, 0) is 26.0 Å². The van der Waals surface area contributed by atoms with Crippen LogP contribution >= 0.6 is 11.8 Å². The first-order valence-electron chi connectivity index (χ1n) is 6.14. The van der Waals surface area contributed by atoms with E-state index in [4.69, 9.17) is 5.11 Å². The largest absolute Gasteiger partial charge is 0.395 e. The molecule has 0 aliphatic rings. The lowest BCUT2D eigenvalue weighted by Gasteiger charge is -2.17. The fourth-order valence-electron chi connectivity index (χ4n) is 1.53. The number of thioether (sulfide) groups is 1. The average Bonchev–Trinajstić information content (AvgIpc) is 2.36. The standard InChI is InChI=1S/C13H22N2OS/c1-4-7-14-11(3)12-6-5-8-15-13(12)17-10(2)9-16/h5-6,8,10-11,14,16H,4,7,9H2,1-3H3. The van der Waals surface area contributed by atoms with E-state index in [1.54, 1.807) is 11.8 Å². The summed E-state index contributed by atoms with van der Waals surface area (Å²) in [6.45, 7) is 7.51. The fourth-order valence-corrected chi connectivity index (χ4v) is 2.49. The lowest BCUT2D eigenvalue weighted by atomic mass is 10.1. The van der Waals surface area contributed by atoms with Crippen molar-refractivity contribution < 1.29 is 5.11 Å². The smallest absolute Gasteiger partial charge is 0.101 e. The van der Waals surface area contributed by atoms with Gasteiger partial charge in [-0.1, -0.05) is 19.9 Å². The van der Waals surface area contributed by atoms with E-state index in [9.17, 15) is 0 Å². The monoisotopic (exact) mass is 254 g/mol. The molecule has 0 spiro atoms. The normalized spacial score (nSPS) is 14.6. The molecule has 2 unspecified atom stereocenters. The average molecular weight is 254 g/mol. The zero-order valence-corrected chi connectivity index (χ0v) is 11.6. The van der Waals surface area contributed by atoms with Crippen LogP contribution in [0.15, 0.2) is 23.4 Å². The van der Waals surface area contributed by atoms with Crippen LogP contribution in [0, 0.1) is 0 Å². The van der Waals surface area contributed by atoms with Crippen molar-refractivity contribution in [3.63, 3.8) is 0 Å².